The second-order valence-electron chi connectivity index (χ2n) is 9.41. The minimum absolute atomic E-state index is 0.0764. The van der Waals surface area contributed by atoms with Crippen LogP contribution in [0.25, 0.3) is 0 Å². The van der Waals surface area contributed by atoms with E-state index in [9.17, 15) is 9.59 Å². The zero-order valence-corrected chi connectivity index (χ0v) is 21.3. The van der Waals surface area contributed by atoms with Crippen molar-refractivity contribution < 1.29 is 28.5 Å². The van der Waals surface area contributed by atoms with Gasteiger partial charge in [0, 0.05) is 11.1 Å². The van der Waals surface area contributed by atoms with E-state index in [-0.39, 0.29) is 43.9 Å². The molecule has 2 rings (SSSR count). The van der Waals surface area contributed by atoms with Crippen LogP contribution in [0.2, 0.25) is 0 Å². The number of hydrogen-bond donors (Lipinski definition) is 0. The van der Waals surface area contributed by atoms with Gasteiger partial charge in [-0.3, -0.25) is 9.59 Å². The first kappa shape index (κ1) is 27.2. The molecule has 0 atom stereocenters. The van der Waals surface area contributed by atoms with Crippen LogP contribution in [0.15, 0.2) is 48.5 Å². The Morgan fingerprint density at radius 3 is 1.50 bits per heavy atom. The summed E-state index contributed by atoms with van der Waals surface area (Å²) in [5.41, 5.74) is 1.03. The van der Waals surface area contributed by atoms with Crippen molar-refractivity contribution in [3.63, 3.8) is 0 Å². The molecule has 0 saturated carbocycles. The quantitative estimate of drug-likeness (QED) is 0.337. The second-order valence-corrected chi connectivity index (χ2v) is 9.41. The number of methoxy groups -OCH3 is 2. The highest BCUT2D eigenvalue weighted by Gasteiger charge is 2.40. The Balaban J connectivity index is 2.10. The minimum atomic E-state index is -0.566. The summed E-state index contributed by atoms with van der Waals surface area (Å²) in [7, 11) is 3.17. The van der Waals surface area contributed by atoms with E-state index in [4.69, 9.17) is 18.9 Å². The fourth-order valence-electron chi connectivity index (χ4n) is 4.30. The van der Waals surface area contributed by atoms with Crippen LogP contribution in [0.1, 0.15) is 58.1 Å². The second kappa shape index (κ2) is 13.0. The first-order valence-electron chi connectivity index (χ1n) is 11.8. The molecule has 0 radical (unpaired) electrons. The van der Waals surface area contributed by atoms with Gasteiger partial charge in [-0.05, 0) is 35.8 Å². The lowest BCUT2D eigenvalue weighted by atomic mass is 9.67. The van der Waals surface area contributed by atoms with E-state index in [1.165, 1.54) is 0 Å². The van der Waals surface area contributed by atoms with Crippen LogP contribution in [-0.4, -0.2) is 26.2 Å². The fourth-order valence-corrected chi connectivity index (χ4v) is 4.30. The predicted octanol–water partition coefficient (Wildman–Crippen LogP) is 5.96. The summed E-state index contributed by atoms with van der Waals surface area (Å²) >= 11 is 0. The first-order valence-corrected chi connectivity index (χ1v) is 11.8. The highest BCUT2D eigenvalue weighted by atomic mass is 16.5. The molecule has 6 heteroatoms. The Labute approximate surface area is 203 Å². The molecule has 6 nitrogen and oxygen atoms in total. The molecule has 0 aromatic heterocycles. The third-order valence-corrected chi connectivity index (χ3v) is 6.19. The van der Waals surface area contributed by atoms with Crippen molar-refractivity contribution >= 4 is 11.9 Å². The van der Waals surface area contributed by atoms with Gasteiger partial charge in [0.15, 0.2) is 0 Å². The van der Waals surface area contributed by atoms with Gasteiger partial charge in [0.1, 0.15) is 24.7 Å². The van der Waals surface area contributed by atoms with Crippen LogP contribution in [0, 0.1) is 17.3 Å². The highest BCUT2D eigenvalue weighted by molar-refractivity contribution is 5.74. The van der Waals surface area contributed by atoms with Crippen LogP contribution in [0.3, 0.4) is 0 Å². The number of benzene rings is 2. The molecule has 186 valence electrons. The predicted molar refractivity (Wildman–Crippen MR) is 132 cm³/mol. The Morgan fingerprint density at radius 2 is 1.15 bits per heavy atom. The van der Waals surface area contributed by atoms with E-state index in [2.05, 4.69) is 13.8 Å². The van der Waals surface area contributed by atoms with Crippen molar-refractivity contribution in [2.75, 3.05) is 14.2 Å². The summed E-state index contributed by atoms with van der Waals surface area (Å²) in [5, 5.41) is 0. The minimum Gasteiger partial charge on any atom is -0.496 e. The van der Waals surface area contributed by atoms with Gasteiger partial charge < -0.3 is 18.9 Å². The maximum absolute atomic E-state index is 12.9. The lowest BCUT2D eigenvalue weighted by Gasteiger charge is -2.37. The number of carbonyl (C=O) groups excluding carboxylic acids is 2. The maximum atomic E-state index is 12.9. The summed E-state index contributed by atoms with van der Waals surface area (Å²) < 4.78 is 21.9. The third-order valence-electron chi connectivity index (χ3n) is 6.19. The van der Waals surface area contributed by atoms with Gasteiger partial charge in [0.05, 0.1) is 27.1 Å². The lowest BCUT2D eigenvalue weighted by molar-refractivity contribution is -0.154. The summed E-state index contributed by atoms with van der Waals surface area (Å²) in [4.78, 5) is 25.9. The molecule has 0 aliphatic heterocycles. The standard InChI is InChI=1S/C28H38O6/c1-20(2)15-28(21(3)4,16-26(29)33-18-22-11-7-9-13-24(22)31-5)17-27(30)34-19-23-12-8-10-14-25(23)32-6/h7-14,20-21H,15-19H2,1-6H3. The van der Waals surface area contributed by atoms with Gasteiger partial charge in [0.2, 0.25) is 0 Å². The monoisotopic (exact) mass is 470 g/mol. The maximum Gasteiger partial charge on any atom is 0.306 e. The van der Waals surface area contributed by atoms with Gasteiger partial charge in [0.25, 0.3) is 0 Å². The first-order chi connectivity index (χ1) is 16.2. The van der Waals surface area contributed by atoms with E-state index in [1.807, 2.05) is 62.4 Å². The van der Waals surface area contributed by atoms with Crippen LogP contribution >= 0.6 is 0 Å². The van der Waals surface area contributed by atoms with E-state index in [1.54, 1.807) is 14.2 Å². The molecule has 0 heterocycles. The lowest BCUT2D eigenvalue weighted by Crippen LogP contribution is -2.35. The van der Waals surface area contributed by atoms with E-state index in [0.29, 0.717) is 23.8 Å². The van der Waals surface area contributed by atoms with Crippen molar-refractivity contribution in [1.29, 1.82) is 0 Å². The molecule has 2 aromatic carbocycles. The topological polar surface area (TPSA) is 71.1 Å². The third kappa shape index (κ3) is 7.79. The molecule has 0 unspecified atom stereocenters. The average Bonchev–Trinajstić information content (AvgIpc) is 2.81. The molecule has 0 aliphatic carbocycles. The largest absolute Gasteiger partial charge is 0.496 e. The zero-order valence-electron chi connectivity index (χ0n) is 21.3. The Morgan fingerprint density at radius 1 is 0.735 bits per heavy atom. The molecule has 0 fully saturated rings. The SMILES string of the molecule is COc1ccccc1COC(=O)CC(CC(=O)OCc1ccccc1OC)(CC(C)C)C(C)C. The Kier molecular flexibility index (Phi) is 10.4. The van der Waals surface area contributed by atoms with Crippen molar-refractivity contribution in [2.45, 2.75) is 60.2 Å². The molecule has 0 aliphatic rings. The number of rotatable bonds is 13. The Bertz CT molecular complexity index is 868. The fraction of sp³-hybridized carbons (Fsp3) is 0.500. The van der Waals surface area contributed by atoms with Gasteiger partial charge in [-0.15, -0.1) is 0 Å². The Hall–Kier alpha value is -3.02. The molecule has 34 heavy (non-hydrogen) atoms. The number of esters is 2. The summed E-state index contributed by atoms with van der Waals surface area (Å²) in [6.45, 7) is 8.52. The van der Waals surface area contributed by atoms with E-state index < -0.39 is 5.41 Å². The van der Waals surface area contributed by atoms with Gasteiger partial charge in [-0.25, -0.2) is 0 Å². The van der Waals surface area contributed by atoms with Gasteiger partial charge in [-0.1, -0.05) is 64.1 Å². The molecule has 0 N–H and O–H groups in total. The van der Waals surface area contributed by atoms with Gasteiger partial charge in [-0.2, -0.15) is 0 Å². The number of para-hydroxylation sites is 2. The van der Waals surface area contributed by atoms with Crippen LogP contribution < -0.4 is 9.47 Å². The normalized spacial score (nSPS) is 11.4. The van der Waals surface area contributed by atoms with E-state index in [0.717, 1.165) is 11.1 Å². The van der Waals surface area contributed by atoms with Crippen LogP contribution in [0.4, 0.5) is 0 Å². The molecule has 0 saturated heterocycles. The van der Waals surface area contributed by atoms with Crippen molar-refractivity contribution in [2.24, 2.45) is 17.3 Å². The van der Waals surface area contributed by atoms with Crippen molar-refractivity contribution in [3.8, 4) is 11.5 Å². The summed E-state index contributed by atoms with van der Waals surface area (Å²) in [5.74, 6) is 1.05. The van der Waals surface area contributed by atoms with Crippen LogP contribution in [-0.2, 0) is 32.3 Å². The molecule has 0 spiro atoms. The number of ether oxygens (including phenoxy) is 4. The number of hydrogen-bond acceptors (Lipinski definition) is 6. The number of carbonyl (C=O) groups is 2. The molecular weight excluding hydrogens is 432 g/mol. The van der Waals surface area contributed by atoms with Crippen LogP contribution in [0.5, 0.6) is 11.5 Å². The van der Waals surface area contributed by atoms with Crippen molar-refractivity contribution in [3.05, 3.63) is 59.7 Å². The smallest absolute Gasteiger partial charge is 0.306 e. The molecular formula is C28H38O6. The zero-order chi connectivity index (χ0) is 25.1. The average molecular weight is 471 g/mol. The van der Waals surface area contributed by atoms with Gasteiger partial charge >= 0.3 is 11.9 Å². The molecule has 0 bridgehead atoms. The highest BCUT2D eigenvalue weighted by Crippen LogP contribution is 2.42. The van der Waals surface area contributed by atoms with E-state index >= 15 is 0 Å². The summed E-state index contributed by atoms with van der Waals surface area (Å²) in [6, 6.07) is 14.9. The van der Waals surface area contributed by atoms with Crippen molar-refractivity contribution in [1.82, 2.24) is 0 Å². The molecule has 2 aromatic rings. The molecule has 0 amide bonds. The summed E-state index contributed by atoms with van der Waals surface area (Å²) in [6.07, 6.45) is 0.988.